The van der Waals surface area contributed by atoms with Gasteiger partial charge in [-0.3, -0.25) is 4.79 Å². The summed E-state index contributed by atoms with van der Waals surface area (Å²) in [6.45, 7) is 2.00. The van der Waals surface area contributed by atoms with Gasteiger partial charge in [-0.2, -0.15) is 0 Å². The number of carboxylic acids is 1. The normalized spacial score (nSPS) is 11.8. The van der Waals surface area contributed by atoms with Crippen molar-refractivity contribution in [2.75, 3.05) is 0 Å². The van der Waals surface area contributed by atoms with Gasteiger partial charge in [0.05, 0.1) is 6.42 Å². The van der Waals surface area contributed by atoms with E-state index in [0.717, 1.165) is 29.0 Å². The van der Waals surface area contributed by atoms with Gasteiger partial charge >= 0.3 is 5.97 Å². The molecule has 0 saturated carbocycles. The summed E-state index contributed by atoms with van der Waals surface area (Å²) in [4.78, 5) is 10.5. The highest BCUT2D eigenvalue weighted by molar-refractivity contribution is 5.73. The summed E-state index contributed by atoms with van der Waals surface area (Å²) in [5.74, 6) is 0.988. The summed E-state index contributed by atoms with van der Waals surface area (Å²) in [6.07, 6.45) is 0.908. The zero-order valence-electron chi connectivity index (χ0n) is 7.33. The van der Waals surface area contributed by atoms with Gasteiger partial charge in [-0.15, -0.1) is 0 Å². The molecule has 1 aliphatic heterocycles. The number of aliphatic carboxylic acids is 1. The molecule has 2 rings (SSSR count). The predicted molar refractivity (Wildman–Crippen MR) is 47.2 cm³/mol. The van der Waals surface area contributed by atoms with Crippen LogP contribution >= 0.6 is 0 Å². The summed E-state index contributed by atoms with van der Waals surface area (Å²) in [6, 6.07) is 3.66. The highest BCUT2D eigenvalue weighted by Gasteiger charge is 2.26. The third kappa shape index (κ3) is 1.37. The highest BCUT2D eigenvalue weighted by Crippen LogP contribution is 2.49. The molecule has 0 radical (unpaired) electrons. The van der Waals surface area contributed by atoms with Crippen LogP contribution in [0.3, 0.4) is 0 Å². The molecular weight excluding hydrogens is 168 g/mol. The Morgan fingerprint density at radius 2 is 2.31 bits per heavy atom. The standard InChI is InChI=1S/C10H10O3/c1-2-7-6(5-9(11)12)3-4-8-10(7)13-8/h3-4H,2,5H2,1H3,(H,11,12). The average molecular weight is 178 g/mol. The molecule has 1 aromatic carbocycles. The van der Waals surface area contributed by atoms with Crippen molar-refractivity contribution in [3.05, 3.63) is 23.3 Å². The molecule has 3 nitrogen and oxygen atoms in total. The van der Waals surface area contributed by atoms with Crippen molar-refractivity contribution in [3.63, 3.8) is 0 Å². The molecule has 1 heterocycles. The summed E-state index contributed by atoms with van der Waals surface area (Å²) in [7, 11) is 0. The SMILES string of the molecule is CCc1c(CC(=O)O)ccc2c1O2. The van der Waals surface area contributed by atoms with E-state index in [1.165, 1.54) is 0 Å². The van der Waals surface area contributed by atoms with Crippen molar-refractivity contribution in [2.45, 2.75) is 19.8 Å². The molecule has 0 atom stereocenters. The Balaban J connectivity index is 2.35. The van der Waals surface area contributed by atoms with E-state index in [1.54, 1.807) is 0 Å². The topological polar surface area (TPSA) is 49.8 Å². The molecular formula is C10H10O3. The summed E-state index contributed by atoms with van der Waals surface area (Å²) in [5, 5.41) is 8.65. The van der Waals surface area contributed by atoms with E-state index >= 15 is 0 Å². The van der Waals surface area contributed by atoms with Crippen LogP contribution in [0.25, 0.3) is 0 Å². The monoisotopic (exact) mass is 178 g/mol. The quantitative estimate of drug-likeness (QED) is 0.731. The minimum Gasteiger partial charge on any atom is -0.481 e. The van der Waals surface area contributed by atoms with E-state index in [-0.39, 0.29) is 6.42 Å². The zero-order chi connectivity index (χ0) is 9.42. The Morgan fingerprint density at radius 3 is 2.92 bits per heavy atom. The van der Waals surface area contributed by atoms with Gasteiger partial charge in [0, 0.05) is 5.56 Å². The molecule has 13 heavy (non-hydrogen) atoms. The van der Waals surface area contributed by atoms with Gasteiger partial charge in [0.15, 0.2) is 11.5 Å². The summed E-state index contributed by atoms with van der Waals surface area (Å²) in [5.41, 5.74) is 1.91. The van der Waals surface area contributed by atoms with Crippen LogP contribution in [0.5, 0.6) is 11.5 Å². The van der Waals surface area contributed by atoms with Crippen LogP contribution in [0.2, 0.25) is 0 Å². The Kier molecular flexibility index (Phi) is 1.72. The van der Waals surface area contributed by atoms with Crippen LogP contribution in [0.15, 0.2) is 12.1 Å². The fourth-order valence-corrected chi connectivity index (χ4v) is 1.54. The number of hydrogen-bond acceptors (Lipinski definition) is 2. The smallest absolute Gasteiger partial charge is 0.307 e. The second kappa shape index (κ2) is 2.76. The van der Waals surface area contributed by atoms with Crippen molar-refractivity contribution in [3.8, 4) is 11.5 Å². The Morgan fingerprint density at radius 1 is 1.54 bits per heavy atom. The van der Waals surface area contributed by atoms with Crippen LogP contribution in [0, 0.1) is 0 Å². The van der Waals surface area contributed by atoms with Crippen molar-refractivity contribution >= 4 is 5.97 Å². The Bertz CT molecular complexity index is 369. The van der Waals surface area contributed by atoms with Gasteiger partial charge in [-0.1, -0.05) is 13.0 Å². The lowest BCUT2D eigenvalue weighted by molar-refractivity contribution is -0.136. The van der Waals surface area contributed by atoms with Crippen LogP contribution in [0.1, 0.15) is 18.1 Å². The van der Waals surface area contributed by atoms with Crippen LogP contribution in [-0.2, 0) is 17.6 Å². The maximum Gasteiger partial charge on any atom is 0.307 e. The van der Waals surface area contributed by atoms with Crippen molar-refractivity contribution in [2.24, 2.45) is 0 Å². The van der Waals surface area contributed by atoms with E-state index in [2.05, 4.69) is 0 Å². The predicted octanol–water partition coefficient (Wildman–Crippen LogP) is 1.98. The number of carboxylic acid groups (broad SMARTS) is 1. The fraction of sp³-hybridized carbons (Fsp3) is 0.300. The van der Waals surface area contributed by atoms with Gasteiger partial charge in [0.25, 0.3) is 0 Å². The molecule has 1 N–H and O–H groups in total. The van der Waals surface area contributed by atoms with Gasteiger partial charge in [-0.25, -0.2) is 0 Å². The van der Waals surface area contributed by atoms with E-state index in [9.17, 15) is 4.79 Å². The molecule has 1 aromatic rings. The second-order valence-electron chi connectivity index (χ2n) is 3.06. The minimum absolute atomic E-state index is 0.0831. The third-order valence-corrected chi connectivity index (χ3v) is 2.19. The van der Waals surface area contributed by atoms with Gasteiger partial charge < -0.3 is 9.84 Å². The molecule has 3 heteroatoms. The molecule has 0 aromatic heterocycles. The fourth-order valence-electron chi connectivity index (χ4n) is 1.54. The minimum atomic E-state index is -0.796. The van der Waals surface area contributed by atoms with Crippen LogP contribution in [-0.4, -0.2) is 11.1 Å². The molecule has 0 fully saturated rings. The zero-order valence-corrected chi connectivity index (χ0v) is 7.33. The lowest BCUT2D eigenvalue weighted by Crippen LogP contribution is -2.02. The average Bonchev–Trinajstić information content (AvgIpc) is 2.81. The molecule has 1 aliphatic rings. The van der Waals surface area contributed by atoms with Crippen LogP contribution in [0.4, 0.5) is 0 Å². The third-order valence-electron chi connectivity index (χ3n) is 2.19. The first-order valence-electron chi connectivity index (χ1n) is 4.26. The highest BCUT2D eigenvalue weighted by atomic mass is 16.6. The molecule has 0 unspecified atom stereocenters. The largest absolute Gasteiger partial charge is 0.481 e. The van der Waals surface area contributed by atoms with Gasteiger partial charge in [0.1, 0.15) is 0 Å². The van der Waals surface area contributed by atoms with Crippen molar-refractivity contribution < 1.29 is 14.6 Å². The first kappa shape index (κ1) is 8.10. The molecule has 0 aliphatic carbocycles. The number of fused-ring (bicyclic) bond motifs is 1. The maximum atomic E-state index is 10.5. The number of benzene rings is 1. The van der Waals surface area contributed by atoms with E-state index < -0.39 is 5.97 Å². The number of ether oxygens (including phenoxy) is 1. The first-order chi connectivity index (χ1) is 6.22. The van der Waals surface area contributed by atoms with Crippen LogP contribution < -0.4 is 4.74 Å². The van der Waals surface area contributed by atoms with Crippen molar-refractivity contribution in [1.82, 2.24) is 0 Å². The van der Waals surface area contributed by atoms with Gasteiger partial charge in [-0.05, 0) is 18.1 Å². The van der Waals surface area contributed by atoms with E-state index in [4.69, 9.17) is 9.84 Å². The maximum absolute atomic E-state index is 10.5. The number of hydrogen-bond donors (Lipinski definition) is 1. The Hall–Kier alpha value is -1.51. The second-order valence-corrected chi connectivity index (χ2v) is 3.06. The molecule has 0 bridgehead atoms. The molecule has 0 spiro atoms. The van der Waals surface area contributed by atoms with E-state index in [1.807, 2.05) is 19.1 Å². The lowest BCUT2D eigenvalue weighted by atomic mass is 10.0. The lowest BCUT2D eigenvalue weighted by Gasteiger charge is -2.00. The van der Waals surface area contributed by atoms with E-state index in [0.29, 0.717) is 0 Å². The number of carbonyl (C=O) groups is 1. The first-order valence-corrected chi connectivity index (χ1v) is 4.26. The Labute approximate surface area is 76.0 Å². The molecule has 0 saturated heterocycles. The molecule has 0 amide bonds. The molecule has 68 valence electrons. The van der Waals surface area contributed by atoms with Gasteiger partial charge in [0.2, 0.25) is 0 Å². The summed E-state index contributed by atoms with van der Waals surface area (Å²) < 4.78 is 5.19. The van der Waals surface area contributed by atoms with Crippen molar-refractivity contribution in [1.29, 1.82) is 0 Å². The summed E-state index contributed by atoms with van der Waals surface area (Å²) >= 11 is 0. The number of rotatable bonds is 3.